The Kier molecular flexibility index (Phi) is 7.20. The monoisotopic (exact) mass is 363 g/mol. The van der Waals surface area contributed by atoms with E-state index in [4.69, 9.17) is 10.5 Å². The molecule has 2 rings (SSSR count). The number of benzene rings is 2. The number of anilines is 1. The Morgan fingerprint density at radius 2 is 1.96 bits per heavy atom. The highest BCUT2D eigenvalue weighted by molar-refractivity contribution is 5.92. The Morgan fingerprint density at radius 3 is 2.65 bits per heavy atom. The zero-order chi connectivity index (χ0) is 18.9. The maximum Gasteiger partial charge on any atom is 0.387 e. The van der Waals surface area contributed by atoms with E-state index in [9.17, 15) is 8.78 Å². The van der Waals surface area contributed by atoms with Gasteiger partial charge >= 0.3 is 6.61 Å². The van der Waals surface area contributed by atoms with Crippen LogP contribution in [-0.2, 0) is 13.0 Å². The summed E-state index contributed by atoms with van der Waals surface area (Å²) in [4.78, 5) is 4.22. The van der Waals surface area contributed by atoms with Crippen molar-refractivity contribution >= 4 is 11.6 Å². The number of nitrogens with zero attached hydrogens (tertiary/aromatic N) is 1. The van der Waals surface area contributed by atoms with Crippen LogP contribution in [0.2, 0.25) is 0 Å². The summed E-state index contributed by atoms with van der Waals surface area (Å²) < 4.78 is 35.4. The predicted octanol–water partition coefficient (Wildman–Crippen LogP) is 4.18. The van der Waals surface area contributed by atoms with E-state index in [1.54, 1.807) is 25.1 Å². The molecule has 0 heterocycles. The third kappa shape index (κ3) is 5.61. The van der Waals surface area contributed by atoms with Gasteiger partial charge in [0.2, 0.25) is 0 Å². The lowest BCUT2D eigenvalue weighted by Gasteiger charge is -2.14. The standard InChI is InChI=1S/C19H23F2N3O2/c1-3-13-7-5-9-15(11-13)24-19(22)23-12-14-8-6-10-16(25-4-2)17(14)26-18(20)21/h5-11,18H,3-4,12H2,1-2H3,(H3,22,23,24). The minimum Gasteiger partial charge on any atom is -0.490 e. The SMILES string of the molecule is CCOc1cccc(CN=C(N)Nc2cccc(CC)c2)c1OC(F)F. The van der Waals surface area contributed by atoms with E-state index in [1.807, 2.05) is 24.3 Å². The van der Waals surface area contributed by atoms with Crippen LogP contribution in [0, 0.1) is 0 Å². The van der Waals surface area contributed by atoms with Gasteiger partial charge in [0.1, 0.15) is 0 Å². The molecule has 0 spiro atoms. The fourth-order valence-corrected chi connectivity index (χ4v) is 2.40. The fraction of sp³-hybridized carbons (Fsp3) is 0.316. The number of nitrogens with two attached hydrogens (primary N) is 1. The highest BCUT2D eigenvalue weighted by Gasteiger charge is 2.15. The molecular formula is C19H23F2N3O2. The third-order valence-corrected chi connectivity index (χ3v) is 3.59. The number of alkyl halides is 2. The maximum atomic E-state index is 12.7. The van der Waals surface area contributed by atoms with Crippen LogP contribution in [0.1, 0.15) is 25.0 Å². The van der Waals surface area contributed by atoms with E-state index in [-0.39, 0.29) is 24.0 Å². The molecule has 0 unspecified atom stereocenters. The number of aryl methyl sites for hydroxylation is 1. The van der Waals surface area contributed by atoms with Crippen LogP contribution in [0.25, 0.3) is 0 Å². The minimum absolute atomic E-state index is 0.0196. The number of halogens is 2. The summed E-state index contributed by atoms with van der Waals surface area (Å²) in [5, 5.41) is 2.99. The molecule has 0 bridgehead atoms. The first-order valence-electron chi connectivity index (χ1n) is 8.38. The molecule has 5 nitrogen and oxygen atoms in total. The Balaban J connectivity index is 2.15. The molecule has 0 saturated carbocycles. The van der Waals surface area contributed by atoms with Crippen molar-refractivity contribution < 1.29 is 18.3 Å². The predicted molar refractivity (Wildman–Crippen MR) is 99.0 cm³/mol. The Bertz CT molecular complexity index is 751. The van der Waals surface area contributed by atoms with E-state index in [0.29, 0.717) is 12.2 Å². The first-order chi connectivity index (χ1) is 12.5. The Morgan fingerprint density at radius 1 is 1.19 bits per heavy atom. The van der Waals surface area contributed by atoms with Crippen molar-refractivity contribution in [2.45, 2.75) is 33.4 Å². The molecule has 7 heteroatoms. The molecule has 0 amide bonds. The highest BCUT2D eigenvalue weighted by atomic mass is 19.3. The van der Waals surface area contributed by atoms with Gasteiger partial charge < -0.3 is 20.5 Å². The average Bonchev–Trinajstić information content (AvgIpc) is 2.62. The lowest BCUT2D eigenvalue weighted by molar-refractivity contribution is -0.0520. The number of ether oxygens (including phenoxy) is 2. The van der Waals surface area contributed by atoms with Crippen molar-refractivity contribution in [2.75, 3.05) is 11.9 Å². The molecule has 0 atom stereocenters. The number of aliphatic imine (C=N–C) groups is 1. The van der Waals surface area contributed by atoms with E-state index in [0.717, 1.165) is 12.1 Å². The molecule has 0 aliphatic heterocycles. The molecule has 0 aliphatic carbocycles. The van der Waals surface area contributed by atoms with Gasteiger partial charge in [-0.2, -0.15) is 8.78 Å². The number of nitrogens with one attached hydrogen (secondary N) is 1. The lowest BCUT2D eigenvalue weighted by Crippen LogP contribution is -2.22. The van der Waals surface area contributed by atoms with Gasteiger partial charge in [0.05, 0.1) is 13.2 Å². The molecule has 2 aromatic rings. The van der Waals surface area contributed by atoms with Crippen LogP contribution in [-0.4, -0.2) is 19.2 Å². The van der Waals surface area contributed by atoms with Crippen LogP contribution >= 0.6 is 0 Å². The minimum atomic E-state index is -2.95. The highest BCUT2D eigenvalue weighted by Crippen LogP contribution is 2.33. The van der Waals surface area contributed by atoms with E-state index >= 15 is 0 Å². The summed E-state index contributed by atoms with van der Waals surface area (Å²) in [6, 6.07) is 12.7. The van der Waals surface area contributed by atoms with E-state index in [1.165, 1.54) is 5.56 Å². The molecule has 0 fully saturated rings. The summed E-state index contributed by atoms with van der Waals surface area (Å²) >= 11 is 0. The summed E-state index contributed by atoms with van der Waals surface area (Å²) in [5.74, 6) is 0.416. The Hall–Kier alpha value is -2.83. The van der Waals surface area contributed by atoms with Crippen molar-refractivity contribution in [3.05, 3.63) is 53.6 Å². The molecule has 3 N–H and O–H groups in total. The lowest BCUT2D eigenvalue weighted by atomic mass is 10.1. The second-order valence-electron chi connectivity index (χ2n) is 5.44. The number of para-hydroxylation sites is 1. The zero-order valence-electron chi connectivity index (χ0n) is 14.8. The average molecular weight is 363 g/mol. The van der Waals surface area contributed by atoms with Gasteiger partial charge in [0.25, 0.3) is 0 Å². The van der Waals surface area contributed by atoms with Gasteiger partial charge in [-0.1, -0.05) is 31.2 Å². The van der Waals surface area contributed by atoms with Crippen molar-refractivity contribution in [3.8, 4) is 11.5 Å². The molecule has 0 aromatic heterocycles. The number of guanidine groups is 1. The summed E-state index contributed by atoms with van der Waals surface area (Å²) in [6.07, 6.45) is 0.908. The third-order valence-electron chi connectivity index (χ3n) is 3.59. The van der Waals surface area contributed by atoms with Crippen molar-refractivity contribution in [1.29, 1.82) is 0 Å². The van der Waals surface area contributed by atoms with Crippen LogP contribution < -0.4 is 20.5 Å². The first kappa shape index (κ1) is 19.5. The fourth-order valence-electron chi connectivity index (χ4n) is 2.40. The van der Waals surface area contributed by atoms with E-state index in [2.05, 4.69) is 22.0 Å². The normalized spacial score (nSPS) is 11.5. The van der Waals surface area contributed by atoms with Crippen LogP contribution in [0.15, 0.2) is 47.5 Å². The smallest absolute Gasteiger partial charge is 0.387 e. The van der Waals surface area contributed by atoms with Gasteiger partial charge in [0, 0.05) is 11.3 Å². The number of hydrogen-bond acceptors (Lipinski definition) is 3. The molecule has 0 radical (unpaired) electrons. The van der Waals surface area contributed by atoms with Crippen LogP contribution in [0.4, 0.5) is 14.5 Å². The molecule has 0 saturated heterocycles. The largest absolute Gasteiger partial charge is 0.490 e. The van der Waals surface area contributed by atoms with Crippen molar-refractivity contribution in [1.82, 2.24) is 0 Å². The quantitative estimate of drug-likeness (QED) is 0.545. The molecule has 2 aromatic carbocycles. The molecule has 0 aliphatic rings. The summed E-state index contributed by atoms with van der Waals surface area (Å²) in [6.45, 7) is 1.29. The number of rotatable bonds is 8. The maximum absolute atomic E-state index is 12.7. The Labute approximate surface area is 151 Å². The van der Waals surface area contributed by atoms with Crippen LogP contribution in [0.5, 0.6) is 11.5 Å². The van der Waals surface area contributed by atoms with Gasteiger partial charge in [0.15, 0.2) is 17.5 Å². The van der Waals surface area contributed by atoms with E-state index < -0.39 is 6.61 Å². The summed E-state index contributed by atoms with van der Waals surface area (Å²) in [5.41, 5.74) is 8.36. The molecule has 26 heavy (non-hydrogen) atoms. The van der Waals surface area contributed by atoms with Crippen LogP contribution in [0.3, 0.4) is 0 Å². The number of hydrogen-bond donors (Lipinski definition) is 2. The topological polar surface area (TPSA) is 68.9 Å². The summed E-state index contributed by atoms with van der Waals surface area (Å²) in [7, 11) is 0. The van der Waals surface area contributed by atoms with Gasteiger partial charge in [-0.05, 0) is 37.1 Å². The molecular weight excluding hydrogens is 340 g/mol. The van der Waals surface area contributed by atoms with Crippen molar-refractivity contribution in [3.63, 3.8) is 0 Å². The molecule has 140 valence electrons. The first-order valence-corrected chi connectivity index (χ1v) is 8.38. The second-order valence-corrected chi connectivity index (χ2v) is 5.44. The zero-order valence-corrected chi connectivity index (χ0v) is 14.8. The second kappa shape index (κ2) is 9.60. The van der Waals surface area contributed by atoms with Gasteiger partial charge in [-0.15, -0.1) is 0 Å². The van der Waals surface area contributed by atoms with Gasteiger partial charge in [-0.3, -0.25) is 0 Å². The van der Waals surface area contributed by atoms with Crippen molar-refractivity contribution in [2.24, 2.45) is 10.7 Å². The van der Waals surface area contributed by atoms with Gasteiger partial charge in [-0.25, -0.2) is 4.99 Å².